The molecule has 2 aromatic rings. The average Bonchev–Trinajstić information content (AvgIpc) is 3.01. The third kappa shape index (κ3) is 4.13. The van der Waals surface area contributed by atoms with Gasteiger partial charge in [-0.25, -0.2) is 0 Å². The number of rotatable bonds is 5. The average molecular weight is 301 g/mol. The van der Waals surface area contributed by atoms with E-state index >= 15 is 0 Å². The molecule has 3 heterocycles. The molecule has 2 aromatic heterocycles. The lowest BCUT2D eigenvalue weighted by molar-refractivity contribution is 0.128. The zero-order valence-corrected chi connectivity index (χ0v) is 13.5. The van der Waals surface area contributed by atoms with E-state index in [-0.39, 0.29) is 0 Å². The molecule has 4 heteroatoms. The number of piperazine rings is 1. The van der Waals surface area contributed by atoms with Crippen molar-refractivity contribution in [3.05, 3.63) is 52.0 Å². The van der Waals surface area contributed by atoms with Gasteiger partial charge in [0.25, 0.3) is 0 Å². The first kappa shape index (κ1) is 14.7. The molecule has 1 saturated heterocycles. The Morgan fingerprint density at radius 1 is 1.14 bits per heavy atom. The van der Waals surface area contributed by atoms with Crippen molar-refractivity contribution in [1.29, 1.82) is 0 Å². The van der Waals surface area contributed by atoms with E-state index in [4.69, 9.17) is 0 Å². The van der Waals surface area contributed by atoms with Gasteiger partial charge in [0.1, 0.15) is 0 Å². The van der Waals surface area contributed by atoms with Gasteiger partial charge in [-0.15, -0.1) is 0 Å². The van der Waals surface area contributed by atoms with Gasteiger partial charge in [0.15, 0.2) is 0 Å². The molecule has 0 radical (unpaired) electrons. The first-order valence-electron chi connectivity index (χ1n) is 7.66. The molecule has 0 aliphatic carbocycles. The normalized spacial score (nSPS) is 17.2. The molecule has 3 nitrogen and oxygen atoms in total. The summed E-state index contributed by atoms with van der Waals surface area (Å²) in [6, 6.07) is 4.39. The molecule has 1 fully saturated rings. The van der Waals surface area contributed by atoms with Gasteiger partial charge in [-0.2, -0.15) is 11.3 Å². The fourth-order valence-electron chi connectivity index (χ4n) is 2.87. The van der Waals surface area contributed by atoms with Crippen molar-refractivity contribution in [3.8, 4) is 0 Å². The molecular weight excluding hydrogens is 278 g/mol. The second-order valence-electron chi connectivity index (χ2n) is 5.80. The third-order valence-corrected chi connectivity index (χ3v) is 5.02. The lowest BCUT2D eigenvalue weighted by Crippen LogP contribution is -2.46. The summed E-state index contributed by atoms with van der Waals surface area (Å²) in [7, 11) is 0. The van der Waals surface area contributed by atoms with Crippen molar-refractivity contribution in [1.82, 2.24) is 14.8 Å². The Kier molecular flexibility index (Phi) is 5.01. The molecule has 0 aromatic carbocycles. The maximum absolute atomic E-state index is 4.17. The Balaban J connectivity index is 1.43. The number of aryl methyl sites for hydroxylation is 1. The van der Waals surface area contributed by atoms with Gasteiger partial charge in [0.05, 0.1) is 0 Å². The first-order chi connectivity index (χ1) is 10.3. The van der Waals surface area contributed by atoms with Crippen molar-refractivity contribution in [2.45, 2.75) is 19.9 Å². The third-order valence-electron chi connectivity index (χ3n) is 4.29. The van der Waals surface area contributed by atoms with Gasteiger partial charge in [-0.1, -0.05) is 0 Å². The highest BCUT2D eigenvalue weighted by Crippen LogP contribution is 2.12. The Labute approximate surface area is 131 Å². The summed E-state index contributed by atoms with van der Waals surface area (Å²) >= 11 is 1.79. The molecule has 0 amide bonds. The minimum Gasteiger partial charge on any atom is -0.300 e. The van der Waals surface area contributed by atoms with Gasteiger partial charge in [0.2, 0.25) is 0 Å². The Morgan fingerprint density at radius 2 is 1.95 bits per heavy atom. The quantitative estimate of drug-likeness (QED) is 0.846. The number of hydrogen-bond donors (Lipinski definition) is 0. The minimum atomic E-state index is 1.11. The predicted octanol–water partition coefficient (Wildman–Crippen LogP) is 2.81. The van der Waals surface area contributed by atoms with E-state index in [1.807, 2.05) is 12.4 Å². The lowest BCUT2D eigenvalue weighted by atomic mass is 10.1. The molecule has 0 unspecified atom stereocenters. The molecule has 0 saturated carbocycles. The van der Waals surface area contributed by atoms with Crippen LogP contribution in [0.25, 0.3) is 0 Å². The first-order valence-corrected chi connectivity index (χ1v) is 8.61. The Bertz CT molecular complexity index is 545. The van der Waals surface area contributed by atoms with Crippen molar-refractivity contribution < 1.29 is 0 Å². The molecule has 0 N–H and O–H groups in total. The van der Waals surface area contributed by atoms with E-state index in [9.17, 15) is 0 Å². The number of nitrogens with zero attached hydrogens (tertiary/aromatic N) is 3. The van der Waals surface area contributed by atoms with Gasteiger partial charge >= 0.3 is 0 Å². The highest BCUT2D eigenvalue weighted by Gasteiger charge is 2.16. The van der Waals surface area contributed by atoms with Crippen molar-refractivity contribution in [2.24, 2.45) is 0 Å². The molecule has 1 aliphatic rings. The number of aromatic nitrogens is 1. The molecule has 3 rings (SSSR count). The van der Waals surface area contributed by atoms with Gasteiger partial charge < -0.3 is 4.90 Å². The zero-order valence-electron chi connectivity index (χ0n) is 12.7. The molecule has 112 valence electrons. The largest absolute Gasteiger partial charge is 0.300 e. The van der Waals surface area contributed by atoms with E-state index in [1.165, 1.54) is 42.9 Å². The minimum absolute atomic E-state index is 1.11. The number of thiophene rings is 1. The van der Waals surface area contributed by atoms with Crippen LogP contribution in [0.1, 0.15) is 16.7 Å². The van der Waals surface area contributed by atoms with Crippen LogP contribution in [0.15, 0.2) is 35.3 Å². The van der Waals surface area contributed by atoms with Crippen LogP contribution >= 0.6 is 11.3 Å². The Morgan fingerprint density at radius 3 is 2.67 bits per heavy atom. The summed E-state index contributed by atoms with van der Waals surface area (Å²) in [6.45, 7) is 9.18. The summed E-state index contributed by atoms with van der Waals surface area (Å²) in [6.07, 6.45) is 5.01. The van der Waals surface area contributed by atoms with Crippen LogP contribution in [0.3, 0.4) is 0 Å². The van der Waals surface area contributed by atoms with Gasteiger partial charge in [0, 0.05) is 51.7 Å². The lowest BCUT2D eigenvalue weighted by Gasteiger charge is -2.34. The highest BCUT2D eigenvalue weighted by molar-refractivity contribution is 7.07. The fraction of sp³-hybridized carbons (Fsp3) is 0.471. The summed E-state index contributed by atoms with van der Waals surface area (Å²) in [4.78, 5) is 9.32. The Hall–Kier alpha value is -1.23. The maximum atomic E-state index is 4.17. The zero-order chi connectivity index (χ0) is 14.5. The maximum Gasteiger partial charge on any atom is 0.0299 e. The SMILES string of the molecule is Cc1cnccc1CCN1CCN(Cc2ccsc2)CC1. The molecular formula is C17H23N3S. The summed E-state index contributed by atoms with van der Waals surface area (Å²) in [5.41, 5.74) is 4.21. The molecule has 1 aliphatic heterocycles. The fourth-order valence-corrected chi connectivity index (χ4v) is 3.53. The number of pyridine rings is 1. The van der Waals surface area contributed by atoms with Crippen LogP contribution < -0.4 is 0 Å². The molecule has 21 heavy (non-hydrogen) atoms. The van der Waals surface area contributed by atoms with Crippen LogP contribution in [0.2, 0.25) is 0 Å². The summed E-state index contributed by atoms with van der Waals surface area (Å²) in [5.74, 6) is 0. The van der Waals surface area contributed by atoms with Gasteiger partial charge in [-0.05, 0) is 52.9 Å². The number of hydrogen-bond acceptors (Lipinski definition) is 4. The highest BCUT2D eigenvalue weighted by atomic mass is 32.1. The second kappa shape index (κ2) is 7.16. The van der Waals surface area contributed by atoms with Crippen molar-refractivity contribution in [2.75, 3.05) is 32.7 Å². The van der Waals surface area contributed by atoms with Gasteiger partial charge in [-0.3, -0.25) is 9.88 Å². The molecule has 0 atom stereocenters. The second-order valence-corrected chi connectivity index (χ2v) is 6.58. The van der Waals surface area contributed by atoms with Crippen LogP contribution in [-0.4, -0.2) is 47.5 Å². The monoisotopic (exact) mass is 301 g/mol. The van der Waals surface area contributed by atoms with Crippen molar-refractivity contribution >= 4 is 11.3 Å². The van der Waals surface area contributed by atoms with Crippen molar-refractivity contribution in [3.63, 3.8) is 0 Å². The van der Waals surface area contributed by atoms with E-state index in [0.717, 1.165) is 19.5 Å². The van der Waals surface area contributed by atoms with E-state index in [1.54, 1.807) is 11.3 Å². The molecule has 0 spiro atoms. The van der Waals surface area contributed by atoms with Crippen LogP contribution in [-0.2, 0) is 13.0 Å². The molecule has 0 bridgehead atoms. The smallest absolute Gasteiger partial charge is 0.0299 e. The van der Waals surface area contributed by atoms with Crippen LogP contribution in [0.5, 0.6) is 0 Å². The summed E-state index contributed by atoms with van der Waals surface area (Å²) < 4.78 is 0. The van der Waals surface area contributed by atoms with E-state index in [2.05, 4.69) is 44.6 Å². The van der Waals surface area contributed by atoms with Crippen LogP contribution in [0.4, 0.5) is 0 Å². The summed E-state index contributed by atoms with van der Waals surface area (Å²) in [5, 5.41) is 4.43. The van der Waals surface area contributed by atoms with Crippen LogP contribution in [0, 0.1) is 6.92 Å². The van der Waals surface area contributed by atoms with E-state index < -0.39 is 0 Å². The van der Waals surface area contributed by atoms with E-state index in [0.29, 0.717) is 0 Å². The topological polar surface area (TPSA) is 19.4 Å². The standard InChI is InChI=1S/C17H23N3S/c1-15-12-18-5-2-17(15)3-6-19-7-9-20(10-8-19)13-16-4-11-21-14-16/h2,4-5,11-12,14H,3,6-10,13H2,1H3. The predicted molar refractivity (Wildman–Crippen MR) is 88.7 cm³/mol.